The maximum atomic E-state index is 11.0. The molecule has 1 aliphatic heterocycles. The summed E-state index contributed by atoms with van der Waals surface area (Å²) in [7, 11) is 0. The molecular weight excluding hydrogens is 278 g/mol. The van der Waals surface area contributed by atoms with Crippen LogP contribution in [0.15, 0.2) is 12.1 Å². The van der Waals surface area contributed by atoms with Gasteiger partial charge in [-0.1, -0.05) is 18.0 Å². The molecule has 1 aliphatic rings. The highest BCUT2D eigenvalue weighted by molar-refractivity contribution is 6.29. The zero-order valence-corrected chi connectivity index (χ0v) is 12.4. The number of carboxylic acid groups (broad SMARTS) is 1. The molecule has 0 radical (unpaired) electrons. The van der Waals surface area contributed by atoms with E-state index in [1.54, 1.807) is 0 Å². The lowest BCUT2D eigenvalue weighted by Crippen LogP contribution is -2.38. The summed E-state index contributed by atoms with van der Waals surface area (Å²) in [6, 6.07) is 3.06. The second kappa shape index (κ2) is 6.90. The summed E-state index contributed by atoms with van der Waals surface area (Å²) in [6.07, 6.45) is 3.83. The lowest BCUT2D eigenvalue weighted by molar-refractivity contribution is 0.0697. The van der Waals surface area contributed by atoms with Crippen molar-refractivity contribution in [2.24, 2.45) is 0 Å². The Kier molecular flexibility index (Phi) is 5.20. The standard InChI is InChI=1S/C14H20ClN3O2/c1-10(9-18-5-3-2-4-6-18)16-13-8-11(14(19)20)7-12(15)17-13/h7-8,10H,2-6,9H2,1H3,(H,16,17)(H,19,20). The highest BCUT2D eigenvalue weighted by Crippen LogP contribution is 2.16. The van der Waals surface area contributed by atoms with E-state index in [-0.39, 0.29) is 16.8 Å². The number of carbonyl (C=O) groups is 1. The highest BCUT2D eigenvalue weighted by Gasteiger charge is 2.14. The van der Waals surface area contributed by atoms with Crippen molar-refractivity contribution >= 4 is 23.4 Å². The van der Waals surface area contributed by atoms with Gasteiger partial charge in [-0.25, -0.2) is 9.78 Å². The molecular formula is C14H20ClN3O2. The summed E-state index contributed by atoms with van der Waals surface area (Å²) < 4.78 is 0. The maximum absolute atomic E-state index is 11.0. The summed E-state index contributed by atoms with van der Waals surface area (Å²) in [6.45, 7) is 5.26. The van der Waals surface area contributed by atoms with Crippen molar-refractivity contribution in [3.8, 4) is 0 Å². The molecule has 2 heterocycles. The Morgan fingerprint density at radius 3 is 2.80 bits per heavy atom. The van der Waals surface area contributed by atoms with E-state index in [2.05, 4.69) is 22.1 Å². The minimum absolute atomic E-state index is 0.151. The third-order valence-corrected chi connectivity index (χ3v) is 3.61. The van der Waals surface area contributed by atoms with Gasteiger partial charge >= 0.3 is 5.97 Å². The number of nitrogens with one attached hydrogen (secondary N) is 1. The zero-order valence-electron chi connectivity index (χ0n) is 11.6. The molecule has 0 saturated carbocycles. The lowest BCUT2D eigenvalue weighted by Gasteiger charge is -2.29. The van der Waals surface area contributed by atoms with Crippen LogP contribution in [0.4, 0.5) is 5.82 Å². The first-order chi connectivity index (χ1) is 9.54. The third kappa shape index (κ3) is 4.35. The number of nitrogens with zero attached hydrogens (tertiary/aromatic N) is 2. The van der Waals surface area contributed by atoms with Gasteiger partial charge in [0, 0.05) is 12.6 Å². The van der Waals surface area contributed by atoms with E-state index in [1.807, 2.05) is 0 Å². The van der Waals surface area contributed by atoms with Crippen LogP contribution in [0, 0.1) is 0 Å². The number of piperidine rings is 1. The molecule has 0 bridgehead atoms. The van der Waals surface area contributed by atoms with Crippen molar-refractivity contribution in [1.29, 1.82) is 0 Å². The summed E-state index contributed by atoms with van der Waals surface area (Å²) in [5.74, 6) is -0.486. The van der Waals surface area contributed by atoms with Gasteiger partial charge in [0.15, 0.2) is 0 Å². The molecule has 2 rings (SSSR count). The van der Waals surface area contributed by atoms with Crippen molar-refractivity contribution in [1.82, 2.24) is 9.88 Å². The number of carboxylic acids is 1. The van der Waals surface area contributed by atoms with Gasteiger partial charge in [0.25, 0.3) is 0 Å². The summed E-state index contributed by atoms with van der Waals surface area (Å²) in [4.78, 5) is 17.5. The topological polar surface area (TPSA) is 65.5 Å². The Bertz CT molecular complexity index is 475. The van der Waals surface area contributed by atoms with Crippen LogP contribution in [0.1, 0.15) is 36.5 Å². The molecule has 2 N–H and O–H groups in total. The number of hydrogen-bond acceptors (Lipinski definition) is 4. The number of halogens is 1. The van der Waals surface area contributed by atoms with Gasteiger partial charge in [-0.05, 0) is 45.0 Å². The maximum Gasteiger partial charge on any atom is 0.335 e. The zero-order chi connectivity index (χ0) is 14.5. The van der Waals surface area contributed by atoms with Crippen LogP contribution in [-0.4, -0.2) is 46.6 Å². The molecule has 6 heteroatoms. The van der Waals surface area contributed by atoms with Gasteiger partial charge in [0.2, 0.25) is 0 Å². The van der Waals surface area contributed by atoms with Gasteiger partial charge in [-0.3, -0.25) is 0 Å². The van der Waals surface area contributed by atoms with Crippen molar-refractivity contribution in [2.75, 3.05) is 25.0 Å². The normalized spacial score (nSPS) is 17.7. The second-order valence-corrected chi connectivity index (χ2v) is 5.66. The Labute approximate surface area is 123 Å². The molecule has 5 nitrogen and oxygen atoms in total. The molecule has 1 unspecified atom stereocenters. The minimum atomic E-state index is -0.999. The predicted molar refractivity (Wildman–Crippen MR) is 79.6 cm³/mol. The molecule has 1 atom stereocenters. The van der Waals surface area contributed by atoms with Crippen LogP contribution < -0.4 is 5.32 Å². The number of pyridine rings is 1. The van der Waals surface area contributed by atoms with Gasteiger partial charge < -0.3 is 15.3 Å². The van der Waals surface area contributed by atoms with Gasteiger partial charge in [-0.2, -0.15) is 0 Å². The Morgan fingerprint density at radius 2 is 2.15 bits per heavy atom. The van der Waals surface area contributed by atoms with E-state index in [1.165, 1.54) is 31.4 Å². The van der Waals surface area contributed by atoms with E-state index in [0.29, 0.717) is 5.82 Å². The molecule has 1 aromatic heterocycles. The summed E-state index contributed by atoms with van der Waals surface area (Å²) >= 11 is 5.84. The van der Waals surface area contributed by atoms with E-state index >= 15 is 0 Å². The Balaban J connectivity index is 1.96. The monoisotopic (exact) mass is 297 g/mol. The smallest absolute Gasteiger partial charge is 0.335 e. The quantitative estimate of drug-likeness (QED) is 0.818. The molecule has 1 saturated heterocycles. The molecule has 110 valence electrons. The fourth-order valence-corrected chi connectivity index (χ4v) is 2.73. The average Bonchev–Trinajstić information content (AvgIpc) is 2.38. The molecule has 1 fully saturated rings. The first-order valence-corrected chi connectivity index (χ1v) is 7.32. The fourth-order valence-electron chi connectivity index (χ4n) is 2.52. The minimum Gasteiger partial charge on any atom is -0.478 e. The van der Waals surface area contributed by atoms with Crippen LogP contribution in [0.3, 0.4) is 0 Å². The van der Waals surface area contributed by atoms with Crippen LogP contribution >= 0.6 is 11.6 Å². The molecule has 0 aromatic carbocycles. The average molecular weight is 298 g/mol. The number of rotatable bonds is 5. The van der Waals surface area contributed by atoms with Gasteiger partial charge in [-0.15, -0.1) is 0 Å². The lowest BCUT2D eigenvalue weighted by atomic mass is 10.1. The SMILES string of the molecule is CC(CN1CCCCC1)Nc1cc(C(=O)O)cc(Cl)n1. The van der Waals surface area contributed by atoms with E-state index in [0.717, 1.165) is 19.6 Å². The van der Waals surface area contributed by atoms with Crippen molar-refractivity contribution in [3.63, 3.8) is 0 Å². The van der Waals surface area contributed by atoms with E-state index in [9.17, 15) is 4.79 Å². The molecule has 0 aliphatic carbocycles. The summed E-state index contributed by atoms with van der Waals surface area (Å²) in [5.41, 5.74) is 0.151. The van der Waals surface area contributed by atoms with E-state index < -0.39 is 5.97 Å². The fraction of sp³-hybridized carbons (Fsp3) is 0.571. The van der Waals surface area contributed by atoms with Crippen LogP contribution in [0.25, 0.3) is 0 Å². The molecule has 0 amide bonds. The molecule has 0 spiro atoms. The van der Waals surface area contributed by atoms with Gasteiger partial charge in [0.05, 0.1) is 5.56 Å². The van der Waals surface area contributed by atoms with Crippen molar-refractivity contribution < 1.29 is 9.90 Å². The first-order valence-electron chi connectivity index (χ1n) is 6.94. The van der Waals surface area contributed by atoms with Crippen LogP contribution in [-0.2, 0) is 0 Å². The second-order valence-electron chi connectivity index (χ2n) is 5.28. The number of hydrogen-bond donors (Lipinski definition) is 2. The van der Waals surface area contributed by atoms with E-state index in [4.69, 9.17) is 16.7 Å². The largest absolute Gasteiger partial charge is 0.478 e. The predicted octanol–water partition coefficient (Wildman–Crippen LogP) is 2.72. The number of anilines is 1. The molecule has 20 heavy (non-hydrogen) atoms. The first kappa shape index (κ1) is 15.1. The number of aromatic nitrogens is 1. The summed E-state index contributed by atoms with van der Waals surface area (Å²) in [5, 5.41) is 12.4. The number of likely N-dealkylation sites (tertiary alicyclic amines) is 1. The van der Waals surface area contributed by atoms with Crippen molar-refractivity contribution in [2.45, 2.75) is 32.2 Å². The number of aromatic carboxylic acids is 1. The van der Waals surface area contributed by atoms with Gasteiger partial charge in [0.1, 0.15) is 11.0 Å². The Morgan fingerprint density at radius 1 is 1.45 bits per heavy atom. The van der Waals surface area contributed by atoms with Crippen LogP contribution in [0.5, 0.6) is 0 Å². The van der Waals surface area contributed by atoms with Crippen molar-refractivity contribution in [3.05, 3.63) is 22.8 Å². The van der Waals surface area contributed by atoms with Crippen LogP contribution in [0.2, 0.25) is 5.15 Å². The third-order valence-electron chi connectivity index (χ3n) is 3.42. The highest BCUT2D eigenvalue weighted by atomic mass is 35.5. The molecule has 1 aromatic rings. The Hall–Kier alpha value is -1.33.